The van der Waals surface area contributed by atoms with Crippen molar-refractivity contribution in [3.05, 3.63) is 0 Å². The van der Waals surface area contributed by atoms with Crippen LogP contribution in [0.4, 0.5) is 0 Å². The summed E-state index contributed by atoms with van der Waals surface area (Å²) in [6.07, 6.45) is 4.73. The Bertz CT molecular complexity index is 483. The number of carbonyl (C=O) groups is 2. The van der Waals surface area contributed by atoms with Gasteiger partial charge in [0.25, 0.3) is 0 Å². The Morgan fingerprint density at radius 2 is 2.08 bits per heavy atom. The van der Waals surface area contributed by atoms with Crippen LogP contribution in [0, 0.1) is 0 Å². The quantitative estimate of drug-likeness (QED) is 0.296. The molecule has 1 fully saturated rings. The van der Waals surface area contributed by atoms with Gasteiger partial charge in [-0.2, -0.15) is 0 Å². The van der Waals surface area contributed by atoms with Gasteiger partial charge < -0.3 is 30.8 Å². The molecule has 0 aliphatic carbocycles. The zero-order valence-electron chi connectivity index (χ0n) is 16.6. The number of unbranched alkanes of at least 4 members (excludes halogenated alkanes) is 2. The molecule has 0 aromatic rings. The van der Waals surface area contributed by atoms with Gasteiger partial charge in [0, 0.05) is 26.6 Å². The molecule has 3 atom stereocenters. The first kappa shape index (κ1) is 22.4. The molecule has 0 saturated carbocycles. The van der Waals surface area contributed by atoms with Crippen molar-refractivity contribution >= 4 is 17.6 Å². The molecule has 1 saturated heterocycles. The van der Waals surface area contributed by atoms with Gasteiger partial charge >= 0.3 is 0 Å². The summed E-state index contributed by atoms with van der Waals surface area (Å²) in [4.78, 5) is 29.3. The lowest BCUT2D eigenvalue weighted by Crippen LogP contribution is -2.61. The summed E-state index contributed by atoms with van der Waals surface area (Å²) in [5.41, 5.74) is 6.04. The number of piperidine rings is 1. The lowest BCUT2D eigenvalue weighted by Gasteiger charge is -2.42. The van der Waals surface area contributed by atoms with Crippen molar-refractivity contribution in [2.24, 2.45) is 10.7 Å². The second-order valence-corrected chi connectivity index (χ2v) is 6.82. The van der Waals surface area contributed by atoms with Crippen molar-refractivity contribution in [3.63, 3.8) is 0 Å². The van der Waals surface area contributed by atoms with Crippen LogP contribution in [0.2, 0.25) is 0 Å². The van der Waals surface area contributed by atoms with Crippen molar-refractivity contribution in [1.82, 2.24) is 15.5 Å². The normalized spacial score (nSPS) is 22.2. The predicted molar refractivity (Wildman–Crippen MR) is 103 cm³/mol. The van der Waals surface area contributed by atoms with Crippen LogP contribution < -0.4 is 16.4 Å². The number of nitrogens with zero attached hydrogens (tertiary/aromatic N) is 2. The SMILES string of the molecule is CN=C(N)N1CCCC(NC(=O)C(C)NC)C1OCCCCCC(C)=O. The molecule has 8 heteroatoms. The van der Waals surface area contributed by atoms with E-state index in [2.05, 4.69) is 15.6 Å². The number of amides is 1. The molecule has 0 bridgehead atoms. The van der Waals surface area contributed by atoms with Gasteiger partial charge in [0.15, 0.2) is 12.2 Å². The minimum absolute atomic E-state index is 0.0542. The zero-order valence-corrected chi connectivity index (χ0v) is 16.6. The van der Waals surface area contributed by atoms with E-state index < -0.39 is 0 Å². The first-order valence-electron chi connectivity index (χ1n) is 9.48. The summed E-state index contributed by atoms with van der Waals surface area (Å²) in [7, 11) is 3.41. The van der Waals surface area contributed by atoms with Crippen molar-refractivity contribution in [2.45, 2.75) is 70.7 Å². The molecule has 1 amide bonds. The molecule has 8 nitrogen and oxygen atoms in total. The van der Waals surface area contributed by atoms with Crippen molar-refractivity contribution in [2.75, 3.05) is 27.2 Å². The van der Waals surface area contributed by atoms with Crippen molar-refractivity contribution < 1.29 is 14.3 Å². The van der Waals surface area contributed by atoms with Crippen LogP contribution in [0.5, 0.6) is 0 Å². The number of guanidine groups is 1. The van der Waals surface area contributed by atoms with Gasteiger partial charge in [-0.05, 0) is 46.6 Å². The smallest absolute Gasteiger partial charge is 0.237 e. The first-order valence-corrected chi connectivity index (χ1v) is 9.48. The topological polar surface area (TPSA) is 109 Å². The molecule has 0 spiro atoms. The molecule has 4 N–H and O–H groups in total. The van der Waals surface area contributed by atoms with E-state index in [0.717, 1.165) is 38.6 Å². The fourth-order valence-electron chi connectivity index (χ4n) is 2.99. The largest absolute Gasteiger partial charge is 0.370 e. The second-order valence-electron chi connectivity index (χ2n) is 6.82. The molecule has 1 rings (SSSR count). The number of ketones is 1. The number of hydrogen-bond donors (Lipinski definition) is 3. The highest BCUT2D eigenvalue weighted by Gasteiger charge is 2.34. The Morgan fingerprint density at radius 1 is 1.35 bits per heavy atom. The average molecular weight is 370 g/mol. The summed E-state index contributed by atoms with van der Waals surface area (Å²) < 4.78 is 6.10. The number of rotatable bonds is 10. The molecule has 3 unspecified atom stereocenters. The number of carbonyl (C=O) groups excluding carboxylic acids is 2. The number of aliphatic imine (C=N–C) groups is 1. The van der Waals surface area contributed by atoms with Crippen LogP contribution in [0.1, 0.15) is 52.4 Å². The van der Waals surface area contributed by atoms with Crippen LogP contribution in [0.25, 0.3) is 0 Å². The molecule has 0 radical (unpaired) electrons. The highest BCUT2D eigenvalue weighted by molar-refractivity contribution is 5.82. The van der Waals surface area contributed by atoms with Gasteiger partial charge in [0.05, 0.1) is 12.1 Å². The number of hydrogen-bond acceptors (Lipinski definition) is 5. The van der Waals surface area contributed by atoms with Crippen molar-refractivity contribution in [1.29, 1.82) is 0 Å². The maximum atomic E-state index is 12.3. The molecular formula is C18H35N5O3. The zero-order chi connectivity index (χ0) is 19.5. The summed E-state index contributed by atoms with van der Waals surface area (Å²) >= 11 is 0. The third-order valence-electron chi connectivity index (χ3n) is 4.70. The van der Waals surface area contributed by atoms with Crippen LogP contribution in [-0.4, -0.2) is 68.1 Å². The maximum Gasteiger partial charge on any atom is 0.237 e. The fraction of sp³-hybridized carbons (Fsp3) is 0.833. The van der Waals surface area contributed by atoms with E-state index in [4.69, 9.17) is 10.5 Å². The van der Waals surface area contributed by atoms with E-state index in [-0.39, 0.29) is 30.0 Å². The van der Waals surface area contributed by atoms with E-state index >= 15 is 0 Å². The van der Waals surface area contributed by atoms with Crippen LogP contribution in [0.15, 0.2) is 4.99 Å². The number of likely N-dealkylation sites (tertiary alicyclic amines) is 1. The van der Waals surface area contributed by atoms with Gasteiger partial charge in [0.1, 0.15) is 5.78 Å². The second kappa shape index (κ2) is 11.9. The fourth-order valence-corrected chi connectivity index (χ4v) is 2.99. The highest BCUT2D eigenvalue weighted by atomic mass is 16.5. The van der Waals surface area contributed by atoms with Crippen LogP contribution >= 0.6 is 0 Å². The minimum Gasteiger partial charge on any atom is -0.370 e. The van der Waals surface area contributed by atoms with Gasteiger partial charge in [-0.25, -0.2) is 0 Å². The molecule has 150 valence electrons. The van der Waals surface area contributed by atoms with Crippen molar-refractivity contribution in [3.8, 4) is 0 Å². The third kappa shape index (κ3) is 7.29. The van der Waals surface area contributed by atoms with Crippen LogP contribution in [-0.2, 0) is 14.3 Å². The molecule has 26 heavy (non-hydrogen) atoms. The lowest BCUT2D eigenvalue weighted by atomic mass is 10.0. The summed E-state index contributed by atoms with van der Waals surface area (Å²) in [5.74, 6) is 0.589. The lowest BCUT2D eigenvalue weighted by molar-refractivity contribution is -0.128. The predicted octanol–water partition coefficient (Wildman–Crippen LogP) is 0.612. The number of nitrogens with one attached hydrogen (secondary N) is 2. The van der Waals surface area contributed by atoms with E-state index in [0.29, 0.717) is 19.0 Å². The monoisotopic (exact) mass is 369 g/mol. The summed E-state index contributed by atoms with van der Waals surface area (Å²) in [5, 5.41) is 6.02. The Hall–Kier alpha value is -1.67. The van der Waals surface area contributed by atoms with Gasteiger partial charge in [-0.1, -0.05) is 6.42 Å². The van der Waals surface area contributed by atoms with Gasteiger partial charge in [-0.3, -0.25) is 9.79 Å². The maximum absolute atomic E-state index is 12.3. The third-order valence-corrected chi connectivity index (χ3v) is 4.70. The molecule has 0 aromatic heterocycles. The molecule has 1 aliphatic rings. The first-order chi connectivity index (χ1) is 12.4. The molecule has 1 aliphatic heterocycles. The number of nitrogens with two attached hydrogens (primary N) is 1. The van der Waals surface area contributed by atoms with E-state index in [1.807, 2.05) is 11.8 Å². The molecule has 1 heterocycles. The summed E-state index contributed by atoms with van der Waals surface area (Å²) in [6.45, 7) is 4.75. The Balaban J connectivity index is 2.64. The Kier molecular flexibility index (Phi) is 10.2. The Labute approximate surface area is 156 Å². The van der Waals surface area contributed by atoms with E-state index in [1.165, 1.54) is 0 Å². The van der Waals surface area contributed by atoms with E-state index in [1.54, 1.807) is 21.0 Å². The van der Waals surface area contributed by atoms with Crippen LogP contribution in [0.3, 0.4) is 0 Å². The van der Waals surface area contributed by atoms with Gasteiger partial charge in [0.2, 0.25) is 5.91 Å². The number of ether oxygens (including phenoxy) is 1. The summed E-state index contributed by atoms with van der Waals surface area (Å²) in [6, 6.07) is -0.403. The average Bonchev–Trinajstić information content (AvgIpc) is 2.63. The number of likely N-dealkylation sites (N-methyl/N-ethyl adjacent to an activating group) is 1. The highest BCUT2D eigenvalue weighted by Crippen LogP contribution is 2.19. The Morgan fingerprint density at radius 3 is 2.69 bits per heavy atom. The molecule has 0 aromatic carbocycles. The number of Topliss-reactive ketones (excluding diaryl/α,β-unsaturated/α-hetero) is 1. The minimum atomic E-state index is -0.326. The molecular weight excluding hydrogens is 334 g/mol. The standard InChI is InChI=1S/C18H35N5O3/c1-13(24)9-6-5-7-12-26-17-15(22-16(25)14(2)20-3)10-8-11-23(17)18(19)21-4/h14-15,17,20H,5-12H2,1-4H3,(H2,19,21)(H,22,25). The van der Waals surface area contributed by atoms with Gasteiger partial charge in [-0.15, -0.1) is 0 Å². The van der Waals surface area contributed by atoms with E-state index in [9.17, 15) is 9.59 Å².